The molecule has 2 aromatic rings. The van der Waals surface area contributed by atoms with Gasteiger partial charge in [0.05, 0.1) is 19.1 Å². The number of nitrogens with zero attached hydrogens (tertiary/aromatic N) is 2. The number of rotatable bonds is 13. The zero-order valence-corrected chi connectivity index (χ0v) is 23.1. The first-order chi connectivity index (χ1) is 17.0. The molecule has 0 fully saturated rings. The van der Waals surface area contributed by atoms with Crippen LogP contribution in [0.15, 0.2) is 48.5 Å². The number of anilines is 1. The normalized spacial score (nSPS) is 12.2. The Morgan fingerprint density at radius 1 is 1.06 bits per heavy atom. The van der Waals surface area contributed by atoms with Gasteiger partial charge in [0.25, 0.3) is 0 Å². The van der Waals surface area contributed by atoms with Crippen LogP contribution in [0.25, 0.3) is 0 Å². The molecule has 0 spiro atoms. The van der Waals surface area contributed by atoms with Crippen LogP contribution in [0.1, 0.15) is 39.2 Å². The fourth-order valence-electron chi connectivity index (χ4n) is 3.66. The average molecular weight is 538 g/mol. The zero-order valence-electron chi connectivity index (χ0n) is 21.5. The lowest BCUT2D eigenvalue weighted by Gasteiger charge is -2.30. The first-order valence-corrected chi connectivity index (χ1v) is 14.1. The lowest BCUT2D eigenvalue weighted by atomic mass is 10.1. The highest BCUT2D eigenvalue weighted by atomic mass is 35.5. The lowest BCUT2D eigenvalue weighted by Crippen LogP contribution is -2.48. The molecule has 0 saturated heterocycles. The number of nitrogens with one attached hydrogen (secondary N) is 1. The summed E-state index contributed by atoms with van der Waals surface area (Å²) in [6, 6.07) is 13.3. The summed E-state index contributed by atoms with van der Waals surface area (Å²) in [5, 5.41) is 3.38. The highest BCUT2D eigenvalue weighted by Crippen LogP contribution is 2.30. The van der Waals surface area contributed by atoms with Gasteiger partial charge in [-0.3, -0.25) is 13.9 Å². The molecule has 198 valence electrons. The van der Waals surface area contributed by atoms with E-state index in [2.05, 4.69) is 5.32 Å². The molecule has 0 aromatic heterocycles. The van der Waals surface area contributed by atoms with E-state index in [1.54, 1.807) is 43.3 Å². The van der Waals surface area contributed by atoms with Crippen LogP contribution in [-0.4, -0.2) is 57.6 Å². The van der Waals surface area contributed by atoms with Gasteiger partial charge in [-0.15, -0.1) is 0 Å². The molecule has 1 atom stereocenters. The zero-order chi connectivity index (χ0) is 26.9. The SMILES string of the molecule is COc1ccccc1N(CCCC(=O)N(Cc1ccccc1Cl)[C@H](C)C(=O)NCC(C)C)S(C)(=O)=O. The molecule has 36 heavy (non-hydrogen) atoms. The van der Waals surface area contributed by atoms with Gasteiger partial charge in [0, 0.05) is 31.1 Å². The van der Waals surface area contributed by atoms with E-state index >= 15 is 0 Å². The van der Waals surface area contributed by atoms with Crippen LogP contribution in [0.2, 0.25) is 5.02 Å². The first-order valence-electron chi connectivity index (χ1n) is 11.9. The number of benzene rings is 2. The molecule has 0 radical (unpaired) electrons. The number of hydrogen-bond acceptors (Lipinski definition) is 5. The van der Waals surface area contributed by atoms with Crippen LogP contribution >= 0.6 is 11.6 Å². The van der Waals surface area contributed by atoms with Crippen molar-refractivity contribution in [1.29, 1.82) is 0 Å². The fraction of sp³-hybridized carbons (Fsp3) is 0.462. The van der Waals surface area contributed by atoms with Crippen molar-refractivity contribution in [3.63, 3.8) is 0 Å². The Kier molecular flexibility index (Phi) is 11.0. The van der Waals surface area contributed by atoms with Gasteiger partial charge in [0.15, 0.2) is 0 Å². The molecule has 0 aliphatic rings. The van der Waals surface area contributed by atoms with Crippen molar-refractivity contribution >= 4 is 39.1 Å². The van der Waals surface area contributed by atoms with Gasteiger partial charge in [0.1, 0.15) is 11.8 Å². The first kappa shape index (κ1) is 29.5. The van der Waals surface area contributed by atoms with Crippen molar-refractivity contribution in [2.75, 3.05) is 30.8 Å². The van der Waals surface area contributed by atoms with Crippen LogP contribution < -0.4 is 14.4 Å². The molecule has 8 nitrogen and oxygen atoms in total. The summed E-state index contributed by atoms with van der Waals surface area (Å²) in [5.41, 5.74) is 1.13. The summed E-state index contributed by atoms with van der Waals surface area (Å²) >= 11 is 6.33. The molecule has 2 rings (SSSR count). The number of halogens is 1. The van der Waals surface area contributed by atoms with Crippen molar-refractivity contribution in [2.24, 2.45) is 5.92 Å². The summed E-state index contributed by atoms with van der Waals surface area (Å²) in [6.45, 7) is 6.41. The predicted molar refractivity (Wildman–Crippen MR) is 144 cm³/mol. The van der Waals surface area contributed by atoms with Gasteiger partial charge >= 0.3 is 0 Å². The molecule has 10 heteroatoms. The smallest absolute Gasteiger partial charge is 0.242 e. The van der Waals surface area contributed by atoms with Gasteiger partial charge in [-0.2, -0.15) is 0 Å². The van der Waals surface area contributed by atoms with Crippen LogP contribution in [0.5, 0.6) is 5.75 Å². The quantitative estimate of drug-likeness (QED) is 0.415. The number of carbonyl (C=O) groups excluding carboxylic acids is 2. The minimum Gasteiger partial charge on any atom is -0.495 e. The summed E-state index contributed by atoms with van der Waals surface area (Å²) in [5.74, 6) is 0.169. The third-order valence-electron chi connectivity index (χ3n) is 5.66. The van der Waals surface area contributed by atoms with E-state index in [1.807, 2.05) is 26.0 Å². The second-order valence-corrected chi connectivity index (χ2v) is 11.4. The molecular weight excluding hydrogens is 502 g/mol. The molecule has 0 aliphatic heterocycles. The Morgan fingerprint density at radius 2 is 1.69 bits per heavy atom. The Balaban J connectivity index is 2.20. The maximum Gasteiger partial charge on any atom is 0.242 e. The van der Waals surface area contributed by atoms with Crippen LogP contribution in [0, 0.1) is 5.92 Å². The van der Waals surface area contributed by atoms with E-state index in [4.69, 9.17) is 16.3 Å². The molecule has 0 bridgehead atoms. The standard InChI is InChI=1S/C26H36ClN3O5S/c1-19(2)17-28-26(32)20(3)29(18-21-11-6-7-12-22(21)27)25(31)15-10-16-30(36(5,33)34)23-13-8-9-14-24(23)35-4/h6-9,11-14,19-20H,10,15-18H2,1-5H3,(H,28,32)/t20-/m1/s1. The van der Waals surface area contributed by atoms with Crippen molar-refractivity contribution < 1.29 is 22.7 Å². The van der Waals surface area contributed by atoms with E-state index in [-0.39, 0.29) is 43.7 Å². The van der Waals surface area contributed by atoms with Crippen LogP contribution in [0.3, 0.4) is 0 Å². The van der Waals surface area contributed by atoms with Gasteiger partial charge in [-0.05, 0) is 43.0 Å². The monoisotopic (exact) mass is 537 g/mol. The number of hydrogen-bond donors (Lipinski definition) is 1. The van der Waals surface area contributed by atoms with E-state index in [9.17, 15) is 18.0 Å². The Bertz CT molecular complexity index is 1140. The van der Waals surface area contributed by atoms with Crippen molar-refractivity contribution in [1.82, 2.24) is 10.2 Å². The highest BCUT2D eigenvalue weighted by molar-refractivity contribution is 7.92. The van der Waals surface area contributed by atoms with Crippen molar-refractivity contribution in [2.45, 2.75) is 46.2 Å². The van der Waals surface area contributed by atoms with E-state index < -0.39 is 16.1 Å². The van der Waals surface area contributed by atoms with Crippen molar-refractivity contribution in [3.8, 4) is 5.75 Å². The van der Waals surface area contributed by atoms with Gasteiger partial charge in [-0.1, -0.05) is 55.8 Å². The average Bonchev–Trinajstić information content (AvgIpc) is 2.83. The fourth-order valence-corrected chi connectivity index (χ4v) is 4.83. The molecule has 2 aromatic carbocycles. The summed E-state index contributed by atoms with van der Waals surface area (Å²) in [7, 11) is -2.15. The van der Waals surface area contributed by atoms with E-state index in [1.165, 1.54) is 16.3 Å². The lowest BCUT2D eigenvalue weighted by molar-refractivity contribution is -0.140. The predicted octanol–water partition coefficient (Wildman–Crippen LogP) is 4.08. The van der Waals surface area contributed by atoms with Crippen molar-refractivity contribution in [3.05, 3.63) is 59.1 Å². The number of para-hydroxylation sites is 2. The minimum atomic E-state index is -3.62. The molecule has 0 unspecified atom stereocenters. The number of ether oxygens (including phenoxy) is 1. The largest absolute Gasteiger partial charge is 0.495 e. The Morgan fingerprint density at radius 3 is 2.31 bits per heavy atom. The Hall–Kier alpha value is -2.78. The second-order valence-electron chi connectivity index (χ2n) is 9.04. The van der Waals surface area contributed by atoms with Gasteiger partial charge in [0.2, 0.25) is 21.8 Å². The molecule has 0 heterocycles. The number of amides is 2. The van der Waals surface area contributed by atoms with E-state index in [0.29, 0.717) is 23.0 Å². The third kappa shape index (κ3) is 8.41. The van der Waals surface area contributed by atoms with Crippen LogP contribution in [-0.2, 0) is 26.2 Å². The highest BCUT2D eigenvalue weighted by Gasteiger charge is 2.27. The third-order valence-corrected chi connectivity index (χ3v) is 7.21. The number of methoxy groups -OCH3 is 1. The second kappa shape index (κ2) is 13.5. The maximum absolute atomic E-state index is 13.3. The number of sulfonamides is 1. The maximum atomic E-state index is 13.3. The molecule has 0 saturated carbocycles. The molecule has 2 amide bonds. The summed E-state index contributed by atoms with van der Waals surface area (Å²) in [4.78, 5) is 27.6. The van der Waals surface area contributed by atoms with E-state index in [0.717, 1.165) is 11.8 Å². The topological polar surface area (TPSA) is 96.0 Å². The van der Waals surface area contributed by atoms with Gasteiger partial charge in [-0.25, -0.2) is 8.42 Å². The molecular formula is C26H36ClN3O5S. The van der Waals surface area contributed by atoms with Gasteiger partial charge < -0.3 is 15.0 Å². The summed E-state index contributed by atoms with van der Waals surface area (Å²) < 4.78 is 31.6. The Labute approximate surface area is 219 Å². The molecule has 1 N–H and O–H groups in total. The molecule has 0 aliphatic carbocycles. The summed E-state index contributed by atoms with van der Waals surface area (Å²) in [6.07, 6.45) is 1.42. The number of carbonyl (C=O) groups is 2. The van der Waals surface area contributed by atoms with Crippen LogP contribution in [0.4, 0.5) is 5.69 Å². The minimum absolute atomic E-state index is 0.0490.